The number of para-hydroxylation sites is 2. The van der Waals surface area contributed by atoms with E-state index in [0.717, 1.165) is 34.4 Å². The normalized spacial score (nSPS) is 10.8. The van der Waals surface area contributed by atoms with Gasteiger partial charge in [-0.1, -0.05) is 42.0 Å². The van der Waals surface area contributed by atoms with Crippen LogP contribution in [0.5, 0.6) is 11.5 Å². The Kier molecular flexibility index (Phi) is 7.83. The van der Waals surface area contributed by atoms with Crippen molar-refractivity contribution in [2.24, 2.45) is 0 Å². The number of aromatic nitrogens is 2. The maximum absolute atomic E-state index is 12.5. The summed E-state index contributed by atoms with van der Waals surface area (Å²) in [6, 6.07) is 21.6. The van der Waals surface area contributed by atoms with Crippen LogP contribution in [0.1, 0.15) is 27.3 Å². The molecule has 1 heterocycles. The monoisotopic (exact) mass is 469 g/mol. The van der Waals surface area contributed by atoms with Gasteiger partial charge in [-0.05, 0) is 55.3 Å². The largest absolute Gasteiger partial charge is 0.493 e. The first-order chi connectivity index (χ1) is 17.1. The lowest BCUT2D eigenvalue weighted by molar-refractivity contribution is 0.0953. The van der Waals surface area contributed by atoms with Gasteiger partial charge in [0.2, 0.25) is 0 Å². The fraction of sp³-hybridized carbons (Fsp3) is 0.241. The van der Waals surface area contributed by atoms with Crippen molar-refractivity contribution in [3.05, 3.63) is 102 Å². The van der Waals surface area contributed by atoms with Crippen LogP contribution in [-0.4, -0.2) is 35.7 Å². The van der Waals surface area contributed by atoms with E-state index in [0.29, 0.717) is 43.2 Å². The van der Waals surface area contributed by atoms with Crippen LogP contribution in [-0.2, 0) is 19.4 Å². The van der Waals surface area contributed by atoms with Gasteiger partial charge in [0, 0.05) is 18.5 Å². The number of ether oxygens (including phenoxy) is 2. The van der Waals surface area contributed by atoms with Crippen molar-refractivity contribution in [1.29, 1.82) is 0 Å². The number of carbonyl (C=O) groups excluding carboxylic acids is 1. The minimum absolute atomic E-state index is 0.0771. The summed E-state index contributed by atoms with van der Waals surface area (Å²) in [6.07, 6.45) is 3.26. The predicted molar refractivity (Wildman–Crippen MR) is 139 cm³/mol. The van der Waals surface area contributed by atoms with Crippen molar-refractivity contribution in [2.45, 2.75) is 26.3 Å². The van der Waals surface area contributed by atoms with Crippen LogP contribution >= 0.6 is 0 Å². The Balaban J connectivity index is 1.43. The van der Waals surface area contributed by atoms with Crippen LogP contribution in [0, 0.1) is 6.92 Å². The number of hydrogen-bond donors (Lipinski definition) is 1. The number of hydrogen-bond acceptors (Lipinski definition) is 4. The molecule has 0 unspecified atom stereocenters. The Hall–Kier alpha value is -4.06. The van der Waals surface area contributed by atoms with Crippen molar-refractivity contribution in [3.8, 4) is 11.5 Å². The maximum Gasteiger partial charge on any atom is 0.251 e. The molecule has 0 saturated heterocycles. The fourth-order valence-corrected chi connectivity index (χ4v) is 4.11. The molecule has 0 aliphatic carbocycles. The predicted octanol–water partition coefficient (Wildman–Crippen LogP) is 5.13. The van der Waals surface area contributed by atoms with Gasteiger partial charge in [0.1, 0.15) is 12.4 Å². The molecule has 0 radical (unpaired) electrons. The van der Waals surface area contributed by atoms with Gasteiger partial charge in [-0.2, -0.15) is 0 Å². The van der Waals surface area contributed by atoms with Crippen LogP contribution in [0.4, 0.5) is 0 Å². The number of fused-ring (bicyclic) bond motifs is 1. The molecule has 6 heteroatoms. The molecule has 0 atom stereocenters. The minimum atomic E-state index is -0.0771. The Bertz CT molecular complexity index is 1330. The SMILES string of the molecule is C=CCc1ccc(OCCn2c(CCNC(=O)c3cccc(C)c3)nc3ccccc32)c(OC)c1. The van der Waals surface area contributed by atoms with E-state index in [-0.39, 0.29) is 5.91 Å². The number of imidazole rings is 1. The topological polar surface area (TPSA) is 65.4 Å². The molecule has 1 amide bonds. The average Bonchev–Trinajstić information content (AvgIpc) is 3.22. The lowest BCUT2D eigenvalue weighted by Crippen LogP contribution is -2.26. The van der Waals surface area contributed by atoms with Crippen molar-refractivity contribution in [3.63, 3.8) is 0 Å². The van der Waals surface area contributed by atoms with Gasteiger partial charge in [0.05, 0.1) is 24.7 Å². The number of aryl methyl sites for hydroxylation is 1. The second-order valence-electron chi connectivity index (χ2n) is 8.37. The number of amides is 1. The third-order valence-corrected chi connectivity index (χ3v) is 5.83. The van der Waals surface area contributed by atoms with E-state index in [2.05, 4.69) is 22.5 Å². The third-order valence-electron chi connectivity index (χ3n) is 5.83. The zero-order valence-corrected chi connectivity index (χ0v) is 20.3. The number of carbonyl (C=O) groups is 1. The summed E-state index contributed by atoms with van der Waals surface area (Å²) in [6.45, 7) is 7.35. The Labute approximate surface area is 206 Å². The molecule has 0 aliphatic heterocycles. The molecule has 6 nitrogen and oxygen atoms in total. The van der Waals surface area contributed by atoms with E-state index in [1.807, 2.05) is 73.7 Å². The number of allylic oxidation sites excluding steroid dienone is 1. The quantitative estimate of drug-likeness (QED) is 0.309. The first-order valence-corrected chi connectivity index (χ1v) is 11.8. The highest BCUT2D eigenvalue weighted by Crippen LogP contribution is 2.28. The van der Waals surface area contributed by atoms with E-state index in [1.54, 1.807) is 7.11 Å². The number of benzene rings is 3. The first kappa shape index (κ1) is 24.1. The summed E-state index contributed by atoms with van der Waals surface area (Å²) < 4.78 is 13.8. The number of methoxy groups -OCH3 is 1. The van der Waals surface area contributed by atoms with Crippen LogP contribution in [0.25, 0.3) is 11.0 Å². The zero-order valence-electron chi connectivity index (χ0n) is 20.3. The minimum Gasteiger partial charge on any atom is -0.493 e. The van der Waals surface area contributed by atoms with Gasteiger partial charge >= 0.3 is 0 Å². The fourth-order valence-electron chi connectivity index (χ4n) is 4.11. The van der Waals surface area contributed by atoms with E-state index < -0.39 is 0 Å². The molecule has 3 aromatic carbocycles. The third kappa shape index (κ3) is 5.90. The molecule has 0 aliphatic rings. The lowest BCUT2D eigenvalue weighted by atomic mass is 10.1. The summed E-state index contributed by atoms with van der Waals surface area (Å²) >= 11 is 0. The van der Waals surface area contributed by atoms with Crippen molar-refractivity contribution in [2.75, 3.05) is 20.3 Å². The van der Waals surface area contributed by atoms with E-state index in [4.69, 9.17) is 14.5 Å². The number of nitrogens with one attached hydrogen (secondary N) is 1. The molecular weight excluding hydrogens is 438 g/mol. The second kappa shape index (κ2) is 11.4. The molecule has 1 aromatic heterocycles. The second-order valence-corrected chi connectivity index (χ2v) is 8.37. The molecule has 0 bridgehead atoms. The Morgan fingerprint density at radius 3 is 2.74 bits per heavy atom. The molecule has 0 saturated carbocycles. The smallest absolute Gasteiger partial charge is 0.251 e. The number of rotatable bonds is 11. The van der Waals surface area contributed by atoms with Crippen LogP contribution in [0.15, 0.2) is 79.4 Å². The van der Waals surface area contributed by atoms with Gasteiger partial charge in [0.25, 0.3) is 5.91 Å². The van der Waals surface area contributed by atoms with E-state index >= 15 is 0 Å². The van der Waals surface area contributed by atoms with Crippen molar-refractivity contribution < 1.29 is 14.3 Å². The zero-order chi connectivity index (χ0) is 24.6. The van der Waals surface area contributed by atoms with E-state index in [1.165, 1.54) is 0 Å². The van der Waals surface area contributed by atoms with Gasteiger partial charge < -0.3 is 19.4 Å². The van der Waals surface area contributed by atoms with Crippen LogP contribution in [0.2, 0.25) is 0 Å². The average molecular weight is 470 g/mol. The Morgan fingerprint density at radius 1 is 1.09 bits per heavy atom. The standard InChI is InChI=1S/C29H31N3O3/c1-4-8-22-13-14-26(27(20-22)34-3)35-18-17-32-25-12-6-5-11-24(25)31-28(32)15-16-30-29(33)23-10-7-9-21(2)19-23/h4-7,9-14,19-20H,1,8,15-18H2,2-3H3,(H,30,33). The number of nitrogens with zero attached hydrogens (tertiary/aromatic N) is 2. The molecule has 0 fully saturated rings. The maximum atomic E-state index is 12.5. The lowest BCUT2D eigenvalue weighted by Gasteiger charge is -2.14. The summed E-state index contributed by atoms with van der Waals surface area (Å²) in [5, 5.41) is 3.01. The molecule has 4 aromatic rings. The van der Waals surface area contributed by atoms with Gasteiger partial charge in [0.15, 0.2) is 11.5 Å². The van der Waals surface area contributed by atoms with Gasteiger partial charge in [-0.15, -0.1) is 6.58 Å². The van der Waals surface area contributed by atoms with Gasteiger partial charge in [-0.25, -0.2) is 4.98 Å². The molecule has 180 valence electrons. The molecule has 35 heavy (non-hydrogen) atoms. The summed E-state index contributed by atoms with van der Waals surface area (Å²) in [5.74, 6) is 2.25. The van der Waals surface area contributed by atoms with E-state index in [9.17, 15) is 4.79 Å². The highest BCUT2D eigenvalue weighted by Gasteiger charge is 2.13. The summed E-state index contributed by atoms with van der Waals surface area (Å²) in [5.41, 5.74) is 4.83. The molecule has 1 N–H and O–H groups in total. The molecule has 4 rings (SSSR count). The Morgan fingerprint density at radius 2 is 1.94 bits per heavy atom. The molecule has 0 spiro atoms. The first-order valence-electron chi connectivity index (χ1n) is 11.8. The van der Waals surface area contributed by atoms with Crippen molar-refractivity contribution >= 4 is 16.9 Å². The van der Waals surface area contributed by atoms with Crippen LogP contribution < -0.4 is 14.8 Å². The highest BCUT2D eigenvalue weighted by atomic mass is 16.5. The van der Waals surface area contributed by atoms with Crippen molar-refractivity contribution in [1.82, 2.24) is 14.9 Å². The highest BCUT2D eigenvalue weighted by molar-refractivity contribution is 5.94. The van der Waals surface area contributed by atoms with Gasteiger partial charge in [-0.3, -0.25) is 4.79 Å². The summed E-state index contributed by atoms with van der Waals surface area (Å²) in [4.78, 5) is 17.3. The van der Waals surface area contributed by atoms with Crippen LogP contribution in [0.3, 0.4) is 0 Å². The molecular formula is C29H31N3O3. The summed E-state index contributed by atoms with van der Waals surface area (Å²) in [7, 11) is 1.65.